The van der Waals surface area contributed by atoms with Gasteiger partial charge in [0.25, 0.3) is 0 Å². The van der Waals surface area contributed by atoms with E-state index in [1.165, 1.54) is 12.1 Å². The van der Waals surface area contributed by atoms with E-state index >= 15 is 0 Å². The summed E-state index contributed by atoms with van der Waals surface area (Å²) in [6.07, 6.45) is 0.936. The molecule has 0 heterocycles. The summed E-state index contributed by atoms with van der Waals surface area (Å²) in [5.41, 5.74) is 1.47. The summed E-state index contributed by atoms with van der Waals surface area (Å²) in [5.74, 6) is -1.19. The molecule has 2 aromatic rings. The highest BCUT2D eigenvalue weighted by Gasteiger charge is 2.11. The van der Waals surface area contributed by atoms with Gasteiger partial charge in [-0.3, -0.25) is 4.39 Å². The Balaban J connectivity index is 1.85. The molecule has 0 saturated heterocycles. The van der Waals surface area contributed by atoms with Crippen LogP contribution in [0.1, 0.15) is 23.1 Å². The largest absolute Gasteiger partial charge is 0.372 e. The Labute approximate surface area is 140 Å². The zero-order chi connectivity index (χ0) is 17.2. The molecule has 0 fully saturated rings. The third-order valence-corrected chi connectivity index (χ3v) is 3.64. The zero-order valence-electron chi connectivity index (χ0n) is 13.5. The Morgan fingerprint density at radius 1 is 0.875 bits per heavy atom. The summed E-state index contributed by atoms with van der Waals surface area (Å²) in [7, 11) is 0. The first kappa shape index (κ1) is 18.5. The number of hydrogen-bond acceptors (Lipinski definition) is 2. The number of halogens is 3. The van der Waals surface area contributed by atoms with Gasteiger partial charge in [0.2, 0.25) is 0 Å². The van der Waals surface area contributed by atoms with E-state index in [1.807, 2.05) is 30.3 Å². The Hall–Kier alpha value is -1.85. The van der Waals surface area contributed by atoms with Gasteiger partial charge < -0.3 is 10.1 Å². The van der Waals surface area contributed by atoms with Crippen molar-refractivity contribution in [3.8, 4) is 0 Å². The number of nitrogens with one attached hydrogen (secondary N) is 1. The van der Waals surface area contributed by atoms with Gasteiger partial charge in [-0.15, -0.1) is 0 Å². The molecule has 0 spiro atoms. The smallest absolute Gasteiger partial charge is 0.131 e. The Morgan fingerprint density at radius 2 is 1.58 bits per heavy atom. The monoisotopic (exact) mass is 337 g/mol. The van der Waals surface area contributed by atoms with Crippen molar-refractivity contribution < 1.29 is 17.9 Å². The minimum absolute atomic E-state index is 0.0555. The van der Waals surface area contributed by atoms with Crippen molar-refractivity contribution in [1.82, 2.24) is 5.32 Å². The fourth-order valence-electron chi connectivity index (χ4n) is 2.33. The van der Waals surface area contributed by atoms with Crippen LogP contribution in [-0.2, 0) is 24.4 Å². The van der Waals surface area contributed by atoms with E-state index in [0.717, 1.165) is 5.56 Å². The Morgan fingerprint density at radius 3 is 2.25 bits per heavy atom. The van der Waals surface area contributed by atoms with Gasteiger partial charge in [0, 0.05) is 5.56 Å². The normalized spacial score (nSPS) is 11.0. The molecule has 0 aliphatic rings. The van der Waals surface area contributed by atoms with Gasteiger partial charge in [-0.25, -0.2) is 8.78 Å². The number of benzene rings is 2. The predicted molar refractivity (Wildman–Crippen MR) is 88.5 cm³/mol. The Bertz CT molecular complexity index is 596. The third-order valence-electron chi connectivity index (χ3n) is 3.64. The van der Waals surface area contributed by atoms with Gasteiger partial charge in [0.1, 0.15) is 11.6 Å². The highest BCUT2D eigenvalue weighted by atomic mass is 19.1. The second-order valence-electron chi connectivity index (χ2n) is 5.56. The topological polar surface area (TPSA) is 21.3 Å². The predicted octanol–water partition coefficient (Wildman–Crippen LogP) is 4.17. The first-order chi connectivity index (χ1) is 11.7. The molecule has 0 bridgehead atoms. The fourth-order valence-corrected chi connectivity index (χ4v) is 2.33. The second kappa shape index (κ2) is 10.1. The van der Waals surface area contributed by atoms with Gasteiger partial charge >= 0.3 is 0 Å². The van der Waals surface area contributed by atoms with E-state index in [4.69, 9.17) is 4.74 Å². The van der Waals surface area contributed by atoms with Crippen LogP contribution < -0.4 is 5.32 Å². The average molecular weight is 337 g/mol. The van der Waals surface area contributed by atoms with E-state index in [9.17, 15) is 13.2 Å². The first-order valence-electron chi connectivity index (χ1n) is 8.06. The van der Waals surface area contributed by atoms with Crippen LogP contribution >= 0.6 is 0 Å². The summed E-state index contributed by atoms with van der Waals surface area (Å²) < 4.78 is 45.5. The molecule has 0 unspecified atom stereocenters. The molecule has 2 rings (SSSR count). The minimum atomic E-state index is -0.596. The van der Waals surface area contributed by atoms with Gasteiger partial charge in [0.05, 0.1) is 19.9 Å². The highest BCUT2D eigenvalue weighted by molar-refractivity contribution is 5.26. The lowest BCUT2D eigenvalue weighted by Gasteiger charge is -2.10. The summed E-state index contributed by atoms with van der Waals surface area (Å²) in [6.45, 7) is 0.950. The van der Waals surface area contributed by atoms with Crippen LogP contribution in [0.15, 0.2) is 42.5 Å². The lowest BCUT2D eigenvalue weighted by atomic mass is 10.1. The van der Waals surface area contributed by atoms with Crippen LogP contribution in [0.5, 0.6) is 0 Å². The summed E-state index contributed by atoms with van der Waals surface area (Å²) in [6, 6.07) is 12.1. The molecule has 0 aliphatic carbocycles. The lowest BCUT2D eigenvalue weighted by molar-refractivity contribution is 0.102. The van der Waals surface area contributed by atoms with Crippen molar-refractivity contribution in [2.45, 2.75) is 26.1 Å². The number of ether oxygens (including phenoxy) is 1. The maximum atomic E-state index is 14.1. The molecular formula is C19H22F3NO. The third kappa shape index (κ3) is 5.98. The quantitative estimate of drug-likeness (QED) is 0.657. The van der Waals surface area contributed by atoms with Crippen molar-refractivity contribution in [2.24, 2.45) is 0 Å². The molecule has 0 radical (unpaired) electrons. The highest BCUT2D eigenvalue weighted by Crippen LogP contribution is 2.17. The molecular weight excluding hydrogens is 315 g/mol. The van der Waals surface area contributed by atoms with Crippen molar-refractivity contribution in [1.29, 1.82) is 0 Å². The Kier molecular flexibility index (Phi) is 7.79. The van der Waals surface area contributed by atoms with Crippen LogP contribution in [0, 0.1) is 11.6 Å². The van der Waals surface area contributed by atoms with Crippen LogP contribution in [0.4, 0.5) is 13.2 Å². The molecule has 0 atom stereocenters. The molecule has 0 amide bonds. The summed E-state index contributed by atoms with van der Waals surface area (Å²) in [5, 5.41) is 3.03. The van der Waals surface area contributed by atoms with E-state index in [2.05, 4.69) is 5.32 Å². The average Bonchev–Trinajstić information content (AvgIpc) is 2.58. The molecule has 5 heteroatoms. The SMILES string of the molecule is FCCCNCCc1cc(F)c(COCc2ccccc2)c(F)c1. The molecule has 24 heavy (non-hydrogen) atoms. The lowest BCUT2D eigenvalue weighted by Crippen LogP contribution is -2.19. The number of alkyl halides is 1. The fraction of sp³-hybridized carbons (Fsp3) is 0.368. The van der Waals surface area contributed by atoms with Gasteiger partial charge in [-0.05, 0) is 49.2 Å². The van der Waals surface area contributed by atoms with E-state index < -0.39 is 11.6 Å². The van der Waals surface area contributed by atoms with Crippen LogP contribution in [-0.4, -0.2) is 19.8 Å². The van der Waals surface area contributed by atoms with Crippen molar-refractivity contribution in [2.75, 3.05) is 19.8 Å². The van der Waals surface area contributed by atoms with Crippen LogP contribution in [0.3, 0.4) is 0 Å². The number of hydrogen-bond donors (Lipinski definition) is 1. The molecule has 1 N–H and O–H groups in total. The maximum Gasteiger partial charge on any atom is 0.131 e. The van der Waals surface area contributed by atoms with Gasteiger partial charge in [-0.2, -0.15) is 0 Å². The van der Waals surface area contributed by atoms with Gasteiger partial charge in [-0.1, -0.05) is 30.3 Å². The molecule has 2 aromatic carbocycles. The van der Waals surface area contributed by atoms with E-state index in [1.54, 1.807) is 0 Å². The minimum Gasteiger partial charge on any atom is -0.372 e. The molecule has 0 aromatic heterocycles. The van der Waals surface area contributed by atoms with Gasteiger partial charge in [0.15, 0.2) is 0 Å². The molecule has 2 nitrogen and oxygen atoms in total. The molecule has 0 saturated carbocycles. The van der Waals surface area contributed by atoms with Crippen molar-refractivity contribution >= 4 is 0 Å². The van der Waals surface area contributed by atoms with E-state index in [0.29, 0.717) is 38.1 Å². The van der Waals surface area contributed by atoms with Crippen LogP contribution in [0.2, 0.25) is 0 Å². The maximum absolute atomic E-state index is 14.1. The summed E-state index contributed by atoms with van der Waals surface area (Å²) >= 11 is 0. The second-order valence-corrected chi connectivity index (χ2v) is 5.56. The van der Waals surface area contributed by atoms with Crippen molar-refractivity contribution in [3.63, 3.8) is 0 Å². The van der Waals surface area contributed by atoms with Crippen LogP contribution in [0.25, 0.3) is 0 Å². The first-order valence-corrected chi connectivity index (χ1v) is 8.06. The zero-order valence-corrected chi connectivity index (χ0v) is 13.5. The number of rotatable bonds is 10. The van der Waals surface area contributed by atoms with Crippen molar-refractivity contribution in [3.05, 3.63) is 70.8 Å². The van der Waals surface area contributed by atoms with E-state index in [-0.39, 0.29) is 18.8 Å². The molecule has 130 valence electrons. The standard InChI is InChI=1S/C19H22F3NO/c20-8-4-9-23-10-7-16-11-18(21)17(19(22)12-16)14-24-13-15-5-2-1-3-6-15/h1-3,5-6,11-12,23H,4,7-10,13-14H2. The molecule has 0 aliphatic heterocycles. The summed E-state index contributed by atoms with van der Waals surface area (Å²) in [4.78, 5) is 0.